The molecule has 0 spiro atoms. The Morgan fingerprint density at radius 1 is 1.15 bits per heavy atom. The van der Waals surface area contributed by atoms with Gasteiger partial charge >= 0.3 is 6.18 Å². The highest BCUT2D eigenvalue weighted by molar-refractivity contribution is 5.05. The molecule has 4 nitrogen and oxygen atoms in total. The van der Waals surface area contributed by atoms with E-state index in [0.29, 0.717) is 12.8 Å². The molecular weight excluding hydrogens is 275 g/mol. The molecule has 2 aliphatic rings. The molecule has 0 aromatic carbocycles. The van der Waals surface area contributed by atoms with E-state index in [-0.39, 0.29) is 0 Å². The lowest BCUT2D eigenvalue weighted by Crippen LogP contribution is -2.60. The molecule has 0 amide bonds. The molecule has 20 heavy (non-hydrogen) atoms. The summed E-state index contributed by atoms with van der Waals surface area (Å²) >= 11 is 0. The minimum Gasteiger partial charge on any atom is -0.380 e. The van der Waals surface area contributed by atoms with Crippen LogP contribution in [0.5, 0.6) is 0 Å². The molecule has 2 fully saturated rings. The summed E-state index contributed by atoms with van der Waals surface area (Å²) in [5, 5.41) is 20.0. The van der Waals surface area contributed by atoms with Crippen molar-refractivity contribution in [2.45, 2.75) is 82.3 Å². The van der Waals surface area contributed by atoms with Crippen molar-refractivity contribution < 1.29 is 28.1 Å². The number of alkyl halides is 3. The minimum absolute atomic E-state index is 0.405. The van der Waals surface area contributed by atoms with E-state index >= 15 is 0 Å². The second kappa shape index (κ2) is 4.83. The number of aliphatic hydroxyl groups excluding tert-OH is 1. The number of piperidine rings is 1. The Hall–Kier alpha value is -0.370. The van der Waals surface area contributed by atoms with Crippen molar-refractivity contribution in [1.29, 1.82) is 0 Å². The van der Waals surface area contributed by atoms with Crippen molar-refractivity contribution in [3.63, 3.8) is 0 Å². The molecule has 2 saturated heterocycles. The monoisotopic (exact) mass is 297 g/mol. The number of rotatable bonds is 2. The molecule has 2 heterocycles. The van der Waals surface area contributed by atoms with Crippen LogP contribution in [0.2, 0.25) is 0 Å². The Balaban J connectivity index is 2.11. The Labute approximate surface area is 116 Å². The number of hydrogen-bond donors (Lipinski definition) is 2. The van der Waals surface area contributed by atoms with E-state index in [0.717, 1.165) is 0 Å². The van der Waals surface area contributed by atoms with Gasteiger partial charge in [0, 0.05) is 24.9 Å². The Morgan fingerprint density at radius 2 is 1.60 bits per heavy atom. The zero-order valence-electron chi connectivity index (χ0n) is 11.9. The highest BCUT2D eigenvalue weighted by atomic mass is 19.4. The average Bonchev–Trinajstić information content (AvgIpc) is 2.48. The first-order valence-electron chi connectivity index (χ1n) is 6.85. The number of fused-ring (bicyclic) bond motifs is 2. The van der Waals surface area contributed by atoms with Crippen molar-refractivity contribution in [3.8, 4) is 0 Å². The van der Waals surface area contributed by atoms with E-state index in [1.165, 1.54) is 0 Å². The fraction of sp³-hybridized carbons (Fsp3) is 1.00. The number of ether oxygens (including phenoxy) is 1. The van der Waals surface area contributed by atoms with Crippen LogP contribution in [0, 0.1) is 0 Å². The third kappa shape index (κ3) is 2.95. The Morgan fingerprint density at radius 3 is 1.95 bits per heavy atom. The average molecular weight is 297 g/mol. The molecule has 0 aliphatic carbocycles. The maximum absolute atomic E-state index is 12.9. The van der Waals surface area contributed by atoms with E-state index in [9.17, 15) is 23.4 Å². The summed E-state index contributed by atoms with van der Waals surface area (Å²) in [4.78, 5) is 1.57. The molecule has 2 bridgehead atoms. The van der Waals surface area contributed by atoms with Gasteiger partial charge in [0.2, 0.25) is 6.41 Å². The van der Waals surface area contributed by atoms with Gasteiger partial charge in [-0.1, -0.05) is 0 Å². The summed E-state index contributed by atoms with van der Waals surface area (Å²) in [6.07, 6.45) is -5.60. The predicted octanol–water partition coefficient (Wildman–Crippen LogP) is 2.00. The molecule has 0 saturated carbocycles. The molecule has 118 valence electrons. The molecule has 0 aromatic heterocycles. The van der Waals surface area contributed by atoms with Gasteiger partial charge in [-0.25, -0.2) is 4.90 Å². The Bertz CT molecular complexity index is 353. The lowest BCUT2D eigenvalue weighted by molar-refractivity contribution is -0.306. The molecule has 3 unspecified atom stereocenters. The molecule has 2 N–H and O–H groups in total. The van der Waals surface area contributed by atoms with E-state index in [1.807, 2.05) is 0 Å². The summed E-state index contributed by atoms with van der Waals surface area (Å²) in [5.41, 5.74) is -3.23. The molecular formula is C13H22F3NO3. The largest absolute Gasteiger partial charge is 0.417 e. The fourth-order valence-electron chi connectivity index (χ4n) is 3.23. The zero-order chi connectivity index (χ0) is 15.3. The SMILES string of the molecule is CC(C)(C)OC(O)N1C2CCC1CC(O)(C(F)(F)F)C2. The highest BCUT2D eigenvalue weighted by Gasteiger charge is 2.61. The molecule has 2 rings (SSSR count). The number of aliphatic hydroxyl groups is 2. The smallest absolute Gasteiger partial charge is 0.380 e. The standard InChI is InChI=1S/C13H22F3NO3/c1-11(2,3)20-10(18)17-8-4-5-9(17)7-12(19,6-8)13(14,15)16/h8-10,18-19H,4-7H2,1-3H3. The van der Waals surface area contributed by atoms with Crippen LogP contribution in [-0.2, 0) is 4.74 Å². The van der Waals surface area contributed by atoms with E-state index in [4.69, 9.17) is 4.74 Å². The van der Waals surface area contributed by atoms with Crippen LogP contribution < -0.4 is 0 Å². The topological polar surface area (TPSA) is 52.9 Å². The van der Waals surface area contributed by atoms with Crippen LogP contribution in [0.4, 0.5) is 13.2 Å². The second-order valence-electron chi connectivity index (χ2n) is 6.83. The molecule has 3 atom stereocenters. The first kappa shape index (κ1) is 16.0. The maximum Gasteiger partial charge on any atom is 0.417 e. The van der Waals surface area contributed by atoms with Crippen LogP contribution in [0.3, 0.4) is 0 Å². The first-order chi connectivity index (χ1) is 8.93. The van der Waals surface area contributed by atoms with Gasteiger partial charge in [-0.05, 0) is 33.6 Å². The zero-order valence-corrected chi connectivity index (χ0v) is 11.9. The van der Waals surface area contributed by atoms with Crippen LogP contribution in [0.25, 0.3) is 0 Å². The van der Waals surface area contributed by atoms with Gasteiger partial charge < -0.3 is 14.9 Å². The van der Waals surface area contributed by atoms with E-state index in [1.54, 1.807) is 25.7 Å². The van der Waals surface area contributed by atoms with Crippen LogP contribution in [0.1, 0.15) is 46.5 Å². The summed E-state index contributed by atoms with van der Waals surface area (Å²) in [6, 6.07) is -1.00. The van der Waals surface area contributed by atoms with Gasteiger partial charge in [-0.2, -0.15) is 13.2 Å². The number of hydrogen-bond acceptors (Lipinski definition) is 4. The van der Waals surface area contributed by atoms with Gasteiger partial charge in [-0.15, -0.1) is 0 Å². The van der Waals surface area contributed by atoms with Gasteiger partial charge in [0.1, 0.15) is 0 Å². The quantitative estimate of drug-likeness (QED) is 0.766. The van der Waals surface area contributed by atoms with Gasteiger partial charge in [0.05, 0.1) is 5.60 Å². The van der Waals surface area contributed by atoms with Crippen LogP contribution >= 0.6 is 0 Å². The second-order valence-corrected chi connectivity index (χ2v) is 6.83. The van der Waals surface area contributed by atoms with Gasteiger partial charge in [-0.3, -0.25) is 0 Å². The summed E-state index contributed by atoms with van der Waals surface area (Å²) in [7, 11) is 0. The van der Waals surface area contributed by atoms with Crippen LogP contribution in [0.15, 0.2) is 0 Å². The van der Waals surface area contributed by atoms with Crippen molar-refractivity contribution in [1.82, 2.24) is 4.90 Å². The highest BCUT2D eigenvalue weighted by Crippen LogP contribution is 2.48. The lowest BCUT2D eigenvalue weighted by atomic mass is 9.85. The van der Waals surface area contributed by atoms with Crippen molar-refractivity contribution >= 4 is 0 Å². The molecule has 0 radical (unpaired) electrons. The van der Waals surface area contributed by atoms with Crippen molar-refractivity contribution in [2.75, 3.05) is 0 Å². The predicted molar refractivity (Wildman–Crippen MR) is 65.7 cm³/mol. The fourth-order valence-corrected chi connectivity index (χ4v) is 3.23. The van der Waals surface area contributed by atoms with Crippen molar-refractivity contribution in [2.24, 2.45) is 0 Å². The lowest BCUT2D eigenvalue weighted by Gasteiger charge is -2.46. The third-order valence-corrected chi connectivity index (χ3v) is 4.06. The number of nitrogens with zero attached hydrogens (tertiary/aromatic N) is 1. The summed E-state index contributed by atoms with van der Waals surface area (Å²) < 4.78 is 44.2. The van der Waals surface area contributed by atoms with E-state index < -0.39 is 48.7 Å². The molecule has 2 aliphatic heterocycles. The normalized spacial score (nSPS) is 37.2. The maximum atomic E-state index is 12.9. The summed E-state index contributed by atoms with van der Waals surface area (Å²) in [6.45, 7) is 5.32. The third-order valence-electron chi connectivity index (χ3n) is 4.06. The van der Waals surface area contributed by atoms with Gasteiger partial charge in [0.15, 0.2) is 5.60 Å². The number of halogens is 3. The summed E-state index contributed by atoms with van der Waals surface area (Å²) in [5.74, 6) is 0. The van der Waals surface area contributed by atoms with Gasteiger partial charge in [0.25, 0.3) is 0 Å². The Kier molecular flexibility index (Phi) is 3.86. The van der Waals surface area contributed by atoms with Crippen LogP contribution in [-0.4, -0.2) is 51.0 Å². The molecule has 7 heteroatoms. The van der Waals surface area contributed by atoms with Crippen molar-refractivity contribution in [3.05, 3.63) is 0 Å². The van der Waals surface area contributed by atoms with E-state index in [2.05, 4.69) is 0 Å². The first-order valence-corrected chi connectivity index (χ1v) is 6.85. The minimum atomic E-state index is -4.63. The molecule has 0 aromatic rings.